The molecule has 0 atom stereocenters. The number of unbranched alkanes of at least 4 members (excludes halogenated alkanes) is 3. The van der Waals surface area contributed by atoms with Gasteiger partial charge in [-0.1, -0.05) is 50.5 Å². The van der Waals surface area contributed by atoms with Crippen LogP contribution in [0.4, 0.5) is 0 Å². The lowest BCUT2D eigenvalue weighted by molar-refractivity contribution is 0.0952. The van der Waals surface area contributed by atoms with Crippen LogP contribution in [-0.4, -0.2) is 31.6 Å². The maximum atomic E-state index is 12.4. The van der Waals surface area contributed by atoms with Crippen LogP contribution in [0.15, 0.2) is 53.6 Å². The fraction of sp³-hybridized carbons (Fsp3) is 0.318. The second-order valence-corrected chi connectivity index (χ2v) is 6.17. The predicted molar refractivity (Wildman–Crippen MR) is 109 cm³/mol. The van der Waals surface area contributed by atoms with Crippen molar-refractivity contribution < 1.29 is 19.1 Å². The Bertz CT molecular complexity index is 818. The third-order valence-electron chi connectivity index (χ3n) is 4.11. The molecule has 0 saturated heterocycles. The molecule has 0 bridgehead atoms. The highest BCUT2D eigenvalue weighted by molar-refractivity contribution is 6.36. The molecule has 2 rings (SSSR count). The molecule has 0 aromatic heterocycles. The Hall–Kier alpha value is -3.15. The van der Waals surface area contributed by atoms with Gasteiger partial charge in [-0.2, -0.15) is 5.10 Å². The molecule has 1 amide bonds. The first-order valence-electron chi connectivity index (χ1n) is 9.40. The van der Waals surface area contributed by atoms with Crippen molar-refractivity contribution in [2.24, 2.45) is 5.10 Å². The number of hydrogen-bond donors (Lipinski definition) is 1. The molecule has 2 aromatic rings. The Balaban J connectivity index is 1.96. The number of carbonyl (C=O) groups is 2. The van der Waals surface area contributed by atoms with Gasteiger partial charge in [-0.15, -0.1) is 0 Å². The highest BCUT2D eigenvalue weighted by Crippen LogP contribution is 2.19. The van der Waals surface area contributed by atoms with Gasteiger partial charge in [0.05, 0.1) is 31.1 Å². The largest absolute Gasteiger partial charge is 0.496 e. The van der Waals surface area contributed by atoms with Crippen LogP contribution < -0.4 is 14.9 Å². The summed E-state index contributed by atoms with van der Waals surface area (Å²) >= 11 is 0. The summed E-state index contributed by atoms with van der Waals surface area (Å²) < 4.78 is 10.9. The van der Waals surface area contributed by atoms with E-state index in [4.69, 9.17) is 9.47 Å². The third-order valence-corrected chi connectivity index (χ3v) is 4.11. The molecule has 0 radical (unpaired) electrons. The van der Waals surface area contributed by atoms with E-state index in [1.807, 2.05) is 6.07 Å². The van der Waals surface area contributed by atoms with E-state index in [0.717, 1.165) is 25.5 Å². The number of benzene rings is 2. The zero-order valence-electron chi connectivity index (χ0n) is 16.3. The second kappa shape index (κ2) is 11.5. The van der Waals surface area contributed by atoms with E-state index < -0.39 is 5.91 Å². The van der Waals surface area contributed by atoms with Crippen LogP contribution in [-0.2, 0) is 0 Å². The molecule has 2 aromatic carbocycles. The number of carbonyl (C=O) groups excluding carboxylic acids is 2. The first-order valence-corrected chi connectivity index (χ1v) is 9.40. The van der Waals surface area contributed by atoms with E-state index in [9.17, 15) is 9.59 Å². The van der Waals surface area contributed by atoms with E-state index in [-0.39, 0.29) is 5.78 Å². The SMILES string of the molecule is CCCCCCOc1ccccc1C(=O)/C=N/NC(=O)c1ccccc1OC. The lowest BCUT2D eigenvalue weighted by atomic mass is 10.1. The van der Waals surface area contributed by atoms with E-state index in [0.29, 0.717) is 29.2 Å². The first-order chi connectivity index (χ1) is 13.7. The number of nitrogens with one attached hydrogen (secondary N) is 1. The van der Waals surface area contributed by atoms with Gasteiger partial charge in [0.25, 0.3) is 5.91 Å². The summed E-state index contributed by atoms with van der Waals surface area (Å²) in [6.07, 6.45) is 5.45. The number of methoxy groups -OCH3 is 1. The molecule has 0 spiro atoms. The Labute approximate surface area is 165 Å². The molecule has 0 saturated carbocycles. The second-order valence-electron chi connectivity index (χ2n) is 6.17. The minimum Gasteiger partial charge on any atom is -0.496 e. The minimum absolute atomic E-state index is 0.338. The Kier molecular flexibility index (Phi) is 8.72. The summed E-state index contributed by atoms with van der Waals surface area (Å²) in [5.74, 6) is 0.154. The van der Waals surface area contributed by atoms with Gasteiger partial charge in [0.15, 0.2) is 0 Å². The van der Waals surface area contributed by atoms with Crippen LogP contribution in [0, 0.1) is 0 Å². The quantitative estimate of drug-likeness (QED) is 0.273. The molecule has 6 nitrogen and oxygen atoms in total. The minimum atomic E-state index is -0.457. The third kappa shape index (κ3) is 6.23. The molecule has 6 heteroatoms. The number of amides is 1. The van der Waals surface area contributed by atoms with E-state index in [2.05, 4.69) is 17.5 Å². The average molecular weight is 382 g/mol. The summed E-state index contributed by atoms with van der Waals surface area (Å²) in [6.45, 7) is 2.72. The van der Waals surface area contributed by atoms with Crippen LogP contribution in [0.3, 0.4) is 0 Å². The van der Waals surface area contributed by atoms with Crippen molar-refractivity contribution in [1.29, 1.82) is 0 Å². The Morgan fingerprint density at radius 1 is 0.964 bits per heavy atom. The van der Waals surface area contributed by atoms with Gasteiger partial charge in [-0.25, -0.2) is 5.43 Å². The Morgan fingerprint density at radius 3 is 2.36 bits per heavy atom. The van der Waals surface area contributed by atoms with Crippen molar-refractivity contribution >= 4 is 17.9 Å². The standard InChI is InChI=1S/C22H26N2O4/c1-3-4-5-10-15-28-21-14-9-6-11-17(21)19(25)16-23-24-22(26)18-12-7-8-13-20(18)27-2/h6-9,11-14,16H,3-5,10,15H2,1-2H3,(H,24,26)/b23-16+. The maximum Gasteiger partial charge on any atom is 0.275 e. The number of ketones is 1. The van der Waals surface area contributed by atoms with Crippen molar-refractivity contribution in [1.82, 2.24) is 5.43 Å². The average Bonchev–Trinajstić information content (AvgIpc) is 2.73. The molecule has 0 aliphatic carbocycles. The molecule has 0 heterocycles. The maximum absolute atomic E-state index is 12.4. The van der Waals surface area contributed by atoms with Gasteiger partial charge < -0.3 is 9.47 Å². The molecular weight excluding hydrogens is 356 g/mol. The summed E-state index contributed by atoms with van der Waals surface area (Å²) in [7, 11) is 1.48. The smallest absolute Gasteiger partial charge is 0.275 e. The highest BCUT2D eigenvalue weighted by Gasteiger charge is 2.12. The number of hydrazone groups is 1. The lowest BCUT2D eigenvalue weighted by Gasteiger charge is -2.09. The Morgan fingerprint density at radius 2 is 1.64 bits per heavy atom. The number of Topliss-reactive ketones (excluding diaryl/α,β-unsaturated/α-hetero) is 1. The molecule has 0 aliphatic rings. The summed E-state index contributed by atoms with van der Waals surface area (Å²) in [5, 5.41) is 3.78. The molecule has 0 unspecified atom stereocenters. The molecule has 0 fully saturated rings. The molecular formula is C22H26N2O4. The molecule has 28 heavy (non-hydrogen) atoms. The van der Waals surface area contributed by atoms with Gasteiger partial charge in [-0.05, 0) is 30.7 Å². The molecule has 0 aliphatic heterocycles. The highest BCUT2D eigenvalue weighted by atomic mass is 16.5. The van der Waals surface area contributed by atoms with Crippen LogP contribution in [0.5, 0.6) is 11.5 Å². The number of rotatable bonds is 11. The fourth-order valence-corrected chi connectivity index (χ4v) is 2.62. The fourth-order valence-electron chi connectivity index (χ4n) is 2.62. The lowest BCUT2D eigenvalue weighted by Crippen LogP contribution is -2.19. The summed E-state index contributed by atoms with van der Waals surface area (Å²) in [4.78, 5) is 24.6. The predicted octanol–water partition coefficient (Wildman–Crippen LogP) is 4.25. The normalized spacial score (nSPS) is 10.6. The zero-order chi connectivity index (χ0) is 20.2. The van der Waals surface area contributed by atoms with Crippen LogP contribution >= 0.6 is 0 Å². The topological polar surface area (TPSA) is 77.0 Å². The van der Waals surface area contributed by atoms with Crippen molar-refractivity contribution in [3.8, 4) is 11.5 Å². The van der Waals surface area contributed by atoms with Crippen LogP contribution in [0.25, 0.3) is 0 Å². The van der Waals surface area contributed by atoms with Gasteiger partial charge >= 0.3 is 0 Å². The summed E-state index contributed by atoms with van der Waals surface area (Å²) in [6, 6.07) is 13.8. The monoisotopic (exact) mass is 382 g/mol. The molecule has 1 N–H and O–H groups in total. The number of para-hydroxylation sites is 2. The van der Waals surface area contributed by atoms with Gasteiger partial charge in [0.2, 0.25) is 5.78 Å². The van der Waals surface area contributed by atoms with Crippen molar-refractivity contribution in [2.45, 2.75) is 32.6 Å². The molecule has 148 valence electrons. The number of ether oxygens (including phenoxy) is 2. The summed E-state index contributed by atoms with van der Waals surface area (Å²) in [5.41, 5.74) is 3.10. The van der Waals surface area contributed by atoms with E-state index in [1.165, 1.54) is 13.5 Å². The van der Waals surface area contributed by atoms with Crippen molar-refractivity contribution in [3.63, 3.8) is 0 Å². The zero-order valence-corrected chi connectivity index (χ0v) is 16.3. The first kappa shape index (κ1) is 21.2. The van der Waals surface area contributed by atoms with Gasteiger partial charge in [0.1, 0.15) is 11.5 Å². The number of nitrogens with zero attached hydrogens (tertiary/aromatic N) is 1. The van der Waals surface area contributed by atoms with E-state index in [1.54, 1.807) is 42.5 Å². The van der Waals surface area contributed by atoms with Crippen LogP contribution in [0.2, 0.25) is 0 Å². The van der Waals surface area contributed by atoms with Gasteiger partial charge in [-0.3, -0.25) is 9.59 Å². The van der Waals surface area contributed by atoms with E-state index >= 15 is 0 Å². The van der Waals surface area contributed by atoms with Crippen molar-refractivity contribution in [2.75, 3.05) is 13.7 Å². The number of hydrogen-bond acceptors (Lipinski definition) is 5. The van der Waals surface area contributed by atoms with Gasteiger partial charge in [0, 0.05) is 0 Å². The van der Waals surface area contributed by atoms with Crippen molar-refractivity contribution in [3.05, 3.63) is 59.7 Å². The van der Waals surface area contributed by atoms with Crippen LogP contribution in [0.1, 0.15) is 53.3 Å².